The average Bonchev–Trinajstić information content (AvgIpc) is 2.39. The number of carbonyl (C=O) groups excluding carboxylic acids is 1. The maximum Gasteiger partial charge on any atom is 0.161 e. The lowest BCUT2D eigenvalue weighted by Gasteiger charge is -2.40. The lowest BCUT2D eigenvalue weighted by molar-refractivity contribution is -0.00481. The number of piperidine rings is 1. The molecule has 2 rings (SSSR count). The molecule has 4 nitrogen and oxygen atoms in total. The van der Waals surface area contributed by atoms with Crippen molar-refractivity contribution in [3.8, 4) is 0 Å². The fraction of sp³-hybridized carbons (Fsp3) is 0.571. The Balaban J connectivity index is 2.14. The van der Waals surface area contributed by atoms with Crippen molar-refractivity contribution < 1.29 is 9.53 Å². The van der Waals surface area contributed by atoms with Gasteiger partial charge in [0.25, 0.3) is 0 Å². The summed E-state index contributed by atoms with van der Waals surface area (Å²) in [6, 6.07) is 3.75. The molecular formula is C14H20N2O2. The number of ether oxygens (including phenoxy) is 1. The summed E-state index contributed by atoms with van der Waals surface area (Å²) < 4.78 is 5.57. The highest BCUT2D eigenvalue weighted by molar-refractivity contribution is 5.93. The third-order valence-electron chi connectivity index (χ3n) is 3.63. The SMILES string of the molecule is COC1(C)CCCN(c2ccc(C(C)=O)cn2)C1. The van der Waals surface area contributed by atoms with Gasteiger partial charge in [-0.05, 0) is 38.8 Å². The lowest BCUT2D eigenvalue weighted by Crippen LogP contribution is -2.47. The molecule has 0 radical (unpaired) electrons. The zero-order valence-electron chi connectivity index (χ0n) is 11.3. The average molecular weight is 248 g/mol. The second-order valence-corrected chi connectivity index (χ2v) is 5.14. The predicted octanol–water partition coefficient (Wildman–Crippen LogP) is 2.29. The summed E-state index contributed by atoms with van der Waals surface area (Å²) in [5, 5.41) is 0. The fourth-order valence-electron chi connectivity index (χ4n) is 2.35. The minimum absolute atomic E-state index is 0.0504. The van der Waals surface area contributed by atoms with Crippen LogP contribution in [0.5, 0.6) is 0 Å². The van der Waals surface area contributed by atoms with E-state index in [0.717, 1.165) is 31.7 Å². The molecular weight excluding hydrogens is 228 g/mol. The number of hydrogen-bond donors (Lipinski definition) is 0. The predicted molar refractivity (Wildman–Crippen MR) is 71.1 cm³/mol. The summed E-state index contributed by atoms with van der Waals surface area (Å²) in [6.07, 6.45) is 3.82. The van der Waals surface area contributed by atoms with Crippen LogP contribution in [0.3, 0.4) is 0 Å². The van der Waals surface area contributed by atoms with Gasteiger partial charge in [-0.25, -0.2) is 4.98 Å². The van der Waals surface area contributed by atoms with Crippen LogP contribution >= 0.6 is 0 Å². The fourth-order valence-corrected chi connectivity index (χ4v) is 2.35. The smallest absolute Gasteiger partial charge is 0.161 e. The maximum absolute atomic E-state index is 11.2. The van der Waals surface area contributed by atoms with Crippen molar-refractivity contribution in [3.05, 3.63) is 23.9 Å². The number of rotatable bonds is 3. The first kappa shape index (κ1) is 13.0. The second kappa shape index (κ2) is 5.06. The van der Waals surface area contributed by atoms with Crippen LogP contribution in [-0.2, 0) is 4.74 Å². The van der Waals surface area contributed by atoms with Gasteiger partial charge >= 0.3 is 0 Å². The number of anilines is 1. The lowest BCUT2D eigenvalue weighted by atomic mass is 9.95. The molecule has 0 aliphatic carbocycles. The third-order valence-corrected chi connectivity index (χ3v) is 3.63. The molecule has 1 aromatic heterocycles. The zero-order chi connectivity index (χ0) is 13.2. The molecule has 1 fully saturated rings. The molecule has 0 aromatic carbocycles. The first-order valence-corrected chi connectivity index (χ1v) is 6.31. The number of aromatic nitrogens is 1. The molecule has 0 bridgehead atoms. The molecule has 2 heterocycles. The van der Waals surface area contributed by atoms with Crippen molar-refractivity contribution in [1.82, 2.24) is 4.98 Å². The molecule has 1 aliphatic heterocycles. The van der Waals surface area contributed by atoms with Crippen molar-refractivity contribution >= 4 is 11.6 Å². The Morgan fingerprint density at radius 3 is 2.83 bits per heavy atom. The number of carbonyl (C=O) groups is 1. The van der Waals surface area contributed by atoms with Gasteiger partial charge in [-0.1, -0.05) is 0 Å². The number of hydrogen-bond acceptors (Lipinski definition) is 4. The highest BCUT2D eigenvalue weighted by Crippen LogP contribution is 2.26. The molecule has 0 N–H and O–H groups in total. The van der Waals surface area contributed by atoms with E-state index in [1.165, 1.54) is 0 Å². The van der Waals surface area contributed by atoms with Gasteiger partial charge in [0.15, 0.2) is 5.78 Å². The summed E-state index contributed by atoms with van der Waals surface area (Å²) in [4.78, 5) is 17.8. The Bertz CT molecular complexity index is 430. The van der Waals surface area contributed by atoms with Gasteiger partial charge in [0, 0.05) is 32.0 Å². The Morgan fingerprint density at radius 2 is 2.28 bits per heavy atom. The van der Waals surface area contributed by atoms with Crippen molar-refractivity contribution in [2.75, 3.05) is 25.1 Å². The molecule has 0 amide bonds. The number of methoxy groups -OCH3 is 1. The summed E-state index contributed by atoms with van der Waals surface area (Å²) in [6.45, 7) is 5.52. The number of ketones is 1. The van der Waals surface area contributed by atoms with Gasteiger partial charge in [0.2, 0.25) is 0 Å². The summed E-state index contributed by atoms with van der Waals surface area (Å²) in [5.74, 6) is 0.970. The van der Waals surface area contributed by atoms with Crippen LogP contribution in [0.15, 0.2) is 18.3 Å². The molecule has 1 unspecified atom stereocenters. The van der Waals surface area contributed by atoms with Crippen LogP contribution in [0.1, 0.15) is 37.0 Å². The van der Waals surface area contributed by atoms with E-state index in [2.05, 4.69) is 16.8 Å². The van der Waals surface area contributed by atoms with Crippen LogP contribution in [-0.4, -0.2) is 36.6 Å². The van der Waals surface area contributed by atoms with Crippen LogP contribution in [0.4, 0.5) is 5.82 Å². The summed E-state index contributed by atoms with van der Waals surface area (Å²) in [5.41, 5.74) is 0.560. The van der Waals surface area contributed by atoms with Crippen molar-refractivity contribution in [3.63, 3.8) is 0 Å². The van der Waals surface area contributed by atoms with Crippen LogP contribution in [0.2, 0.25) is 0 Å². The Kier molecular flexibility index (Phi) is 3.66. The molecule has 1 atom stereocenters. The Morgan fingerprint density at radius 1 is 1.50 bits per heavy atom. The minimum atomic E-state index is -0.0980. The third kappa shape index (κ3) is 2.70. The van der Waals surface area contributed by atoms with Crippen LogP contribution < -0.4 is 4.90 Å². The van der Waals surface area contributed by atoms with Gasteiger partial charge in [-0.2, -0.15) is 0 Å². The highest BCUT2D eigenvalue weighted by atomic mass is 16.5. The van der Waals surface area contributed by atoms with E-state index in [4.69, 9.17) is 4.74 Å². The number of nitrogens with zero attached hydrogens (tertiary/aromatic N) is 2. The van der Waals surface area contributed by atoms with E-state index in [1.54, 1.807) is 20.2 Å². The molecule has 1 aliphatic rings. The normalized spacial score (nSPS) is 24.1. The molecule has 1 saturated heterocycles. The first-order valence-electron chi connectivity index (χ1n) is 6.31. The molecule has 0 spiro atoms. The molecule has 0 saturated carbocycles. The van der Waals surface area contributed by atoms with Gasteiger partial charge in [-0.15, -0.1) is 0 Å². The maximum atomic E-state index is 11.2. The summed E-state index contributed by atoms with van der Waals surface area (Å²) in [7, 11) is 1.76. The Labute approximate surface area is 108 Å². The number of Topliss-reactive ketones (excluding diaryl/α,β-unsaturated/α-hetero) is 1. The van der Waals surface area contributed by atoms with Gasteiger partial charge in [-0.3, -0.25) is 4.79 Å². The highest BCUT2D eigenvalue weighted by Gasteiger charge is 2.31. The standard InChI is InChI=1S/C14H20N2O2/c1-11(17)12-5-6-13(15-9-12)16-8-4-7-14(2,10-16)18-3/h5-6,9H,4,7-8,10H2,1-3H3. The molecule has 98 valence electrons. The van der Waals surface area contributed by atoms with Gasteiger partial charge in [0.05, 0.1) is 5.60 Å². The van der Waals surface area contributed by atoms with Crippen molar-refractivity contribution in [2.24, 2.45) is 0 Å². The van der Waals surface area contributed by atoms with Crippen molar-refractivity contribution in [2.45, 2.75) is 32.3 Å². The van der Waals surface area contributed by atoms with Gasteiger partial charge < -0.3 is 9.64 Å². The van der Waals surface area contributed by atoms with E-state index in [0.29, 0.717) is 5.56 Å². The monoisotopic (exact) mass is 248 g/mol. The van der Waals surface area contributed by atoms with Crippen LogP contribution in [0, 0.1) is 0 Å². The van der Waals surface area contributed by atoms with E-state index >= 15 is 0 Å². The second-order valence-electron chi connectivity index (χ2n) is 5.14. The van der Waals surface area contributed by atoms with E-state index in [1.807, 2.05) is 12.1 Å². The van der Waals surface area contributed by atoms with Gasteiger partial charge in [0.1, 0.15) is 5.82 Å². The first-order chi connectivity index (χ1) is 8.54. The van der Waals surface area contributed by atoms with E-state index in [9.17, 15) is 4.79 Å². The molecule has 4 heteroatoms. The van der Waals surface area contributed by atoms with Crippen molar-refractivity contribution in [1.29, 1.82) is 0 Å². The topological polar surface area (TPSA) is 42.4 Å². The Hall–Kier alpha value is -1.42. The number of pyridine rings is 1. The van der Waals surface area contributed by atoms with Crippen LogP contribution in [0.25, 0.3) is 0 Å². The quantitative estimate of drug-likeness (QED) is 0.770. The summed E-state index contributed by atoms with van der Waals surface area (Å²) >= 11 is 0. The minimum Gasteiger partial charge on any atom is -0.377 e. The van der Waals surface area contributed by atoms with E-state index in [-0.39, 0.29) is 11.4 Å². The zero-order valence-corrected chi connectivity index (χ0v) is 11.3. The van der Waals surface area contributed by atoms with E-state index < -0.39 is 0 Å². The largest absolute Gasteiger partial charge is 0.377 e. The molecule has 18 heavy (non-hydrogen) atoms. The molecule has 1 aromatic rings.